The molecular formula is C9H15NO2. The minimum absolute atomic E-state index is 0.0791. The Labute approximate surface area is 73.0 Å². The van der Waals surface area contributed by atoms with Gasteiger partial charge in [0.25, 0.3) is 0 Å². The Hall–Kier alpha value is -0.830. The summed E-state index contributed by atoms with van der Waals surface area (Å²) in [5.41, 5.74) is 0. The number of likely N-dealkylation sites (N-methyl/N-ethyl adjacent to an activating group) is 1. The highest BCUT2D eigenvalue weighted by Crippen LogP contribution is 2.11. The lowest BCUT2D eigenvalue weighted by atomic mass is 10.3. The van der Waals surface area contributed by atoms with E-state index in [1.807, 2.05) is 0 Å². The van der Waals surface area contributed by atoms with Crippen LogP contribution in [-0.2, 0) is 9.53 Å². The summed E-state index contributed by atoms with van der Waals surface area (Å²) in [5.74, 6) is -0.307. The zero-order valence-corrected chi connectivity index (χ0v) is 7.45. The Morgan fingerprint density at radius 2 is 2.58 bits per heavy atom. The number of hydrogen-bond acceptors (Lipinski definition) is 3. The minimum atomic E-state index is -0.307. The summed E-state index contributed by atoms with van der Waals surface area (Å²) in [4.78, 5) is 13.1. The van der Waals surface area contributed by atoms with Gasteiger partial charge >= 0.3 is 5.97 Å². The molecule has 0 aromatic heterocycles. The van der Waals surface area contributed by atoms with E-state index in [0.29, 0.717) is 0 Å². The van der Waals surface area contributed by atoms with E-state index in [0.717, 1.165) is 26.1 Å². The van der Waals surface area contributed by atoms with E-state index >= 15 is 0 Å². The molecule has 12 heavy (non-hydrogen) atoms. The van der Waals surface area contributed by atoms with Gasteiger partial charge in [0.15, 0.2) is 0 Å². The molecule has 0 N–H and O–H groups in total. The van der Waals surface area contributed by atoms with E-state index in [2.05, 4.69) is 18.4 Å². The Bertz CT molecular complexity index is 179. The molecule has 1 unspecified atom stereocenters. The Morgan fingerprint density at radius 3 is 3.08 bits per heavy atom. The van der Waals surface area contributed by atoms with Gasteiger partial charge in [-0.15, -0.1) is 0 Å². The molecular weight excluding hydrogens is 154 g/mol. The van der Waals surface area contributed by atoms with Crippen LogP contribution < -0.4 is 0 Å². The fraction of sp³-hybridized carbons (Fsp3) is 0.667. The summed E-state index contributed by atoms with van der Waals surface area (Å²) in [6, 6.07) is 0. The molecule has 3 heteroatoms. The monoisotopic (exact) mass is 169 g/mol. The number of rotatable bonds is 3. The molecule has 1 heterocycles. The van der Waals surface area contributed by atoms with Gasteiger partial charge in [-0.05, 0) is 13.0 Å². The lowest BCUT2D eigenvalue weighted by Gasteiger charge is -2.12. The van der Waals surface area contributed by atoms with Crippen LogP contribution in [0.4, 0.5) is 0 Å². The summed E-state index contributed by atoms with van der Waals surface area (Å²) >= 11 is 0. The molecule has 3 nitrogen and oxygen atoms in total. The third-order valence-electron chi connectivity index (χ3n) is 2.13. The number of nitrogens with zero attached hydrogens (tertiary/aromatic N) is 1. The van der Waals surface area contributed by atoms with Crippen LogP contribution in [0.5, 0.6) is 0 Å². The van der Waals surface area contributed by atoms with Crippen LogP contribution in [0.15, 0.2) is 12.7 Å². The van der Waals surface area contributed by atoms with Gasteiger partial charge in [0.1, 0.15) is 6.10 Å². The molecule has 0 aromatic rings. The molecule has 1 rings (SSSR count). The second-order valence-electron chi connectivity index (χ2n) is 2.94. The van der Waals surface area contributed by atoms with Crippen LogP contribution in [-0.4, -0.2) is 36.6 Å². The number of hydrogen-bond donors (Lipinski definition) is 0. The number of carbonyl (C=O) groups excluding carboxylic acids is 1. The van der Waals surface area contributed by atoms with Crippen molar-refractivity contribution in [1.82, 2.24) is 4.90 Å². The van der Waals surface area contributed by atoms with Crippen molar-refractivity contribution in [2.75, 3.05) is 19.6 Å². The van der Waals surface area contributed by atoms with Crippen molar-refractivity contribution in [3.05, 3.63) is 12.7 Å². The van der Waals surface area contributed by atoms with E-state index in [4.69, 9.17) is 4.74 Å². The van der Waals surface area contributed by atoms with Gasteiger partial charge in [-0.2, -0.15) is 0 Å². The highest BCUT2D eigenvalue weighted by Gasteiger charge is 2.23. The van der Waals surface area contributed by atoms with Crippen LogP contribution >= 0.6 is 0 Å². The molecule has 68 valence electrons. The van der Waals surface area contributed by atoms with Crippen molar-refractivity contribution in [3.8, 4) is 0 Å². The standard InChI is InChI=1S/C9H15NO2/c1-3-9(11)12-8-5-6-10(4-2)7-8/h3,8H,1,4-7H2,2H3. The van der Waals surface area contributed by atoms with Gasteiger partial charge in [-0.1, -0.05) is 13.5 Å². The second-order valence-corrected chi connectivity index (χ2v) is 2.94. The van der Waals surface area contributed by atoms with Crippen LogP contribution in [0.25, 0.3) is 0 Å². The first-order valence-electron chi connectivity index (χ1n) is 4.31. The minimum Gasteiger partial charge on any atom is -0.458 e. The molecule has 0 radical (unpaired) electrons. The maximum atomic E-state index is 10.8. The Balaban J connectivity index is 2.27. The molecule has 0 spiro atoms. The molecule has 1 atom stereocenters. The lowest BCUT2D eigenvalue weighted by molar-refractivity contribution is -0.142. The van der Waals surface area contributed by atoms with E-state index in [1.165, 1.54) is 6.08 Å². The maximum absolute atomic E-state index is 10.8. The van der Waals surface area contributed by atoms with Gasteiger partial charge in [0.2, 0.25) is 0 Å². The lowest BCUT2D eigenvalue weighted by Crippen LogP contribution is -2.24. The van der Waals surface area contributed by atoms with Gasteiger partial charge in [-0.3, -0.25) is 4.90 Å². The molecule has 1 aliphatic rings. The molecule has 0 aromatic carbocycles. The number of esters is 1. The smallest absolute Gasteiger partial charge is 0.330 e. The van der Waals surface area contributed by atoms with Crippen molar-refractivity contribution < 1.29 is 9.53 Å². The van der Waals surface area contributed by atoms with Gasteiger partial charge in [-0.25, -0.2) is 4.79 Å². The molecule has 0 amide bonds. The summed E-state index contributed by atoms with van der Waals surface area (Å²) in [6.07, 6.45) is 2.25. The number of likely N-dealkylation sites (tertiary alicyclic amines) is 1. The van der Waals surface area contributed by atoms with Crippen molar-refractivity contribution in [2.24, 2.45) is 0 Å². The number of ether oxygens (including phenoxy) is 1. The van der Waals surface area contributed by atoms with Crippen molar-refractivity contribution in [3.63, 3.8) is 0 Å². The zero-order valence-electron chi connectivity index (χ0n) is 7.45. The second kappa shape index (κ2) is 4.26. The zero-order chi connectivity index (χ0) is 8.97. The van der Waals surface area contributed by atoms with Crippen molar-refractivity contribution >= 4 is 5.97 Å². The third-order valence-corrected chi connectivity index (χ3v) is 2.13. The van der Waals surface area contributed by atoms with Gasteiger partial charge in [0.05, 0.1) is 0 Å². The molecule has 1 fully saturated rings. The normalized spacial score (nSPS) is 23.9. The van der Waals surface area contributed by atoms with Gasteiger partial charge < -0.3 is 4.74 Å². The predicted molar refractivity (Wildman–Crippen MR) is 46.8 cm³/mol. The topological polar surface area (TPSA) is 29.5 Å². The van der Waals surface area contributed by atoms with Gasteiger partial charge in [0, 0.05) is 19.2 Å². The van der Waals surface area contributed by atoms with E-state index in [-0.39, 0.29) is 12.1 Å². The fourth-order valence-electron chi connectivity index (χ4n) is 1.39. The average molecular weight is 169 g/mol. The fourth-order valence-corrected chi connectivity index (χ4v) is 1.39. The molecule has 1 saturated heterocycles. The Morgan fingerprint density at radius 1 is 1.83 bits per heavy atom. The summed E-state index contributed by atoms with van der Waals surface area (Å²) < 4.78 is 5.09. The largest absolute Gasteiger partial charge is 0.458 e. The van der Waals surface area contributed by atoms with Crippen LogP contribution in [0.3, 0.4) is 0 Å². The summed E-state index contributed by atoms with van der Waals surface area (Å²) in [5, 5.41) is 0. The summed E-state index contributed by atoms with van der Waals surface area (Å²) in [6.45, 7) is 8.40. The predicted octanol–water partition coefficient (Wildman–Crippen LogP) is 0.810. The van der Waals surface area contributed by atoms with Crippen molar-refractivity contribution in [1.29, 1.82) is 0 Å². The highest BCUT2D eigenvalue weighted by molar-refractivity contribution is 5.81. The van der Waals surface area contributed by atoms with Crippen LogP contribution in [0, 0.1) is 0 Å². The first-order valence-corrected chi connectivity index (χ1v) is 4.31. The van der Waals surface area contributed by atoms with E-state index in [1.54, 1.807) is 0 Å². The summed E-state index contributed by atoms with van der Waals surface area (Å²) in [7, 11) is 0. The SMILES string of the molecule is C=CC(=O)OC1CCN(CC)C1. The first kappa shape index (κ1) is 9.26. The highest BCUT2D eigenvalue weighted by atomic mass is 16.5. The number of carbonyl (C=O) groups is 1. The molecule has 1 aliphatic heterocycles. The maximum Gasteiger partial charge on any atom is 0.330 e. The van der Waals surface area contributed by atoms with Crippen LogP contribution in [0.2, 0.25) is 0 Å². The average Bonchev–Trinajstić information content (AvgIpc) is 2.52. The molecule has 0 saturated carbocycles. The van der Waals surface area contributed by atoms with Crippen molar-refractivity contribution in [2.45, 2.75) is 19.4 Å². The first-order chi connectivity index (χ1) is 5.76. The molecule has 0 bridgehead atoms. The van der Waals surface area contributed by atoms with E-state index in [9.17, 15) is 4.79 Å². The quantitative estimate of drug-likeness (QED) is 0.462. The molecule has 0 aliphatic carbocycles. The Kier molecular flexibility index (Phi) is 3.29. The van der Waals surface area contributed by atoms with E-state index < -0.39 is 0 Å². The third kappa shape index (κ3) is 2.34. The van der Waals surface area contributed by atoms with Crippen LogP contribution in [0.1, 0.15) is 13.3 Å².